The summed E-state index contributed by atoms with van der Waals surface area (Å²) in [5.74, 6) is 0. The van der Waals surface area contributed by atoms with Crippen molar-refractivity contribution < 1.29 is 13.5 Å². The van der Waals surface area contributed by atoms with Crippen molar-refractivity contribution in [1.29, 1.82) is 0 Å². The lowest BCUT2D eigenvalue weighted by Crippen LogP contribution is -2.37. The first-order valence-corrected chi connectivity index (χ1v) is 11.9. The van der Waals surface area contributed by atoms with Crippen LogP contribution in [0.5, 0.6) is 0 Å². The molecule has 1 saturated heterocycles. The number of benzene rings is 2. The van der Waals surface area contributed by atoms with Gasteiger partial charge in [0, 0.05) is 55.5 Å². The van der Waals surface area contributed by atoms with Gasteiger partial charge in [-0.15, -0.1) is 0 Å². The number of aliphatic hydroxyl groups is 1. The Morgan fingerprint density at radius 1 is 1.23 bits per heavy atom. The number of nitrogens with one attached hydrogen (secondary N) is 2. The minimum absolute atomic E-state index is 0.174. The van der Waals surface area contributed by atoms with Gasteiger partial charge in [-0.05, 0) is 41.6 Å². The number of H-pyrrole nitrogens is 1. The Hall–Kier alpha value is -2.65. The molecule has 2 aromatic carbocycles. The maximum absolute atomic E-state index is 13.1. The number of aromatic amines is 1. The molecule has 2 atom stereocenters. The van der Waals surface area contributed by atoms with Crippen LogP contribution in [0.1, 0.15) is 18.0 Å². The summed E-state index contributed by atoms with van der Waals surface area (Å²) in [7, 11) is -1.69. The summed E-state index contributed by atoms with van der Waals surface area (Å²) in [6.45, 7) is 1.49. The van der Waals surface area contributed by atoms with E-state index < -0.39 is 10.0 Å². The van der Waals surface area contributed by atoms with E-state index in [1.165, 1.54) is 0 Å². The number of aliphatic hydroxyl groups excluding tert-OH is 1. The molecule has 7 nitrogen and oxygen atoms in total. The number of nitrogens with zero attached hydrogens (tertiary/aromatic N) is 2. The van der Waals surface area contributed by atoms with Crippen molar-refractivity contribution >= 4 is 31.8 Å². The van der Waals surface area contributed by atoms with Crippen LogP contribution in [0.3, 0.4) is 0 Å². The first kappa shape index (κ1) is 20.3. The van der Waals surface area contributed by atoms with E-state index in [4.69, 9.17) is 0 Å². The van der Waals surface area contributed by atoms with E-state index in [0.29, 0.717) is 13.0 Å². The van der Waals surface area contributed by atoms with Crippen molar-refractivity contribution in [3.05, 3.63) is 66.5 Å². The van der Waals surface area contributed by atoms with Crippen molar-refractivity contribution in [3.63, 3.8) is 0 Å². The minimum Gasteiger partial charge on any atom is -0.392 e. The number of para-hydroxylation sites is 1. The number of aryl methyl sites for hydroxylation is 1. The molecule has 8 heteroatoms. The zero-order valence-electron chi connectivity index (χ0n) is 17.3. The summed E-state index contributed by atoms with van der Waals surface area (Å²) >= 11 is 0. The largest absolute Gasteiger partial charge is 0.392 e. The van der Waals surface area contributed by atoms with Crippen LogP contribution in [0.15, 0.2) is 65.8 Å². The second kappa shape index (κ2) is 7.80. The van der Waals surface area contributed by atoms with E-state index in [1.54, 1.807) is 24.4 Å². The number of β-amino-alcohol motifs (C(OH)–C–C–N with tert-alkyl or cyclic N) is 1. The summed E-state index contributed by atoms with van der Waals surface area (Å²) in [5.41, 5.74) is 2.95. The molecule has 3 heterocycles. The molecule has 2 aromatic heterocycles. The molecule has 0 bridgehead atoms. The maximum Gasteiger partial charge on any atom is 0.240 e. The van der Waals surface area contributed by atoms with Crippen LogP contribution >= 0.6 is 0 Å². The Kier molecular flexibility index (Phi) is 5.10. The molecule has 4 aromatic rings. The van der Waals surface area contributed by atoms with Crippen molar-refractivity contribution in [3.8, 4) is 0 Å². The topological polar surface area (TPSA) is 90.4 Å². The lowest BCUT2D eigenvalue weighted by Gasteiger charge is -2.28. The van der Waals surface area contributed by atoms with Crippen molar-refractivity contribution in [2.75, 3.05) is 19.6 Å². The van der Waals surface area contributed by atoms with Crippen LogP contribution < -0.4 is 4.72 Å². The number of sulfonamides is 1. The highest BCUT2D eigenvalue weighted by atomic mass is 32.2. The smallest absolute Gasteiger partial charge is 0.240 e. The number of hydrogen-bond donors (Lipinski definition) is 3. The van der Waals surface area contributed by atoms with Gasteiger partial charge in [0.15, 0.2) is 0 Å². The predicted molar refractivity (Wildman–Crippen MR) is 121 cm³/mol. The van der Waals surface area contributed by atoms with E-state index in [1.807, 2.05) is 25.2 Å². The molecule has 0 amide bonds. The number of likely N-dealkylation sites (tertiary alicyclic amines) is 1. The zero-order chi connectivity index (χ0) is 21.6. The Balaban J connectivity index is 1.47. The molecule has 5 rings (SSSR count). The third-order valence-electron chi connectivity index (χ3n) is 6.23. The lowest BCUT2D eigenvalue weighted by molar-refractivity contribution is 0.160. The fraction of sp³-hybridized carbons (Fsp3) is 0.304. The normalized spacial score (nSPS) is 18.8. The molecule has 162 valence electrons. The first-order valence-electron chi connectivity index (χ1n) is 10.5. The van der Waals surface area contributed by atoms with Crippen LogP contribution in [0.4, 0.5) is 0 Å². The summed E-state index contributed by atoms with van der Waals surface area (Å²) in [6, 6.07) is 15.0. The van der Waals surface area contributed by atoms with Gasteiger partial charge in [-0.2, -0.15) is 0 Å². The van der Waals surface area contributed by atoms with Gasteiger partial charge >= 0.3 is 0 Å². The van der Waals surface area contributed by atoms with Gasteiger partial charge in [0.1, 0.15) is 0 Å². The molecule has 0 saturated carbocycles. The first-order chi connectivity index (χ1) is 14.9. The van der Waals surface area contributed by atoms with Crippen LogP contribution in [0, 0.1) is 0 Å². The zero-order valence-corrected chi connectivity index (χ0v) is 18.1. The molecular weight excluding hydrogens is 412 g/mol. The lowest BCUT2D eigenvalue weighted by atomic mass is 10.0. The van der Waals surface area contributed by atoms with Gasteiger partial charge in [-0.25, -0.2) is 13.1 Å². The third kappa shape index (κ3) is 3.76. The van der Waals surface area contributed by atoms with Crippen LogP contribution in [0.2, 0.25) is 0 Å². The van der Waals surface area contributed by atoms with Gasteiger partial charge in [0.05, 0.1) is 17.0 Å². The minimum atomic E-state index is -3.69. The van der Waals surface area contributed by atoms with E-state index in [-0.39, 0.29) is 23.6 Å². The fourth-order valence-corrected chi connectivity index (χ4v) is 5.66. The van der Waals surface area contributed by atoms with Crippen LogP contribution in [0.25, 0.3) is 21.8 Å². The molecule has 0 spiro atoms. The van der Waals surface area contributed by atoms with E-state index in [9.17, 15) is 13.5 Å². The highest BCUT2D eigenvalue weighted by Crippen LogP contribution is 2.32. The SMILES string of the molecule is Cn1cc(C(CNS(=O)(=O)c2ccc3cc[nH]c3c2)N2CCC(O)C2)c2ccccc21. The van der Waals surface area contributed by atoms with Crippen LogP contribution in [-0.2, 0) is 17.1 Å². The molecular formula is C23H26N4O3S. The molecule has 1 aliphatic heterocycles. The van der Waals surface area contributed by atoms with E-state index >= 15 is 0 Å². The van der Waals surface area contributed by atoms with E-state index in [2.05, 4.69) is 37.5 Å². The molecule has 31 heavy (non-hydrogen) atoms. The second-order valence-electron chi connectivity index (χ2n) is 8.24. The molecule has 3 N–H and O–H groups in total. The predicted octanol–water partition coefficient (Wildman–Crippen LogP) is 2.75. The van der Waals surface area contributed by atoms with Crippen molar-refractivity contribution in [2.24, 2.45) is 7.05 Å². The Bertz CT molecular complexity index is 1340. The van der Waals surface area contributed by atoms with Gasteiger partial charge < -0.3 is 14.7 Å². The quantitative estimate of drug-likeness (QED) is 0.432. The van der Waals surface area contributed by atoms with Crippen LogP contribution in [-0.4, -0.2) is 53.7 Å². The van der Waals surface area contributed by atoms with Gasteiger partial charge in [-0.1, -0.05) is 24.3 Å². The Labute approximate surface area is 181 Å². The average molecular weight is 439 g/mol. The van der Waals surface area contributed by atoms with Gasteiger partial charge in [-0.3, -0.25) is 4.90 Å². The van der Waals surface area contributed by atoms with Gasteiger partial charge in [0.2, 0.25) is 10.0 Å². The highest BCUT2D eigenvalue weighted by Gasteiger charge is 2.31. The van der Waals surface area contributed by atoms with Crippen molar-refractivity contribution in [2.45, 2.75) is 23.5 Å². The highest BCUT2D eigenvalue weighted by molar-refractivity contribution is 7.89. The summed E-state index contributed by atoms with van der Waals surface area (Å²) in [5, 5.41) is 12.2. The molecule has 0 aliphatic carbocycles. The summed E-state index contributed by atoms with van der Waals surface area (Å²) < 4.78 is 31.1. The Morgan fingerprint density at radius 3 is 2.87 bits per heavy atom. The molecule has 1 aliphatic rings. The number of aromatic nitrogens is 2. The second-order valence-corrected chi connectivity index (χ2v) is 10.0. The average Bonchev–Trinajstić information content (AvgIpc) is 3.48. The van der Waals surface area contributed by atoms with E-state index in [0.717, 1.165) is 33.9 Å². The fourth-order valence-electron chi connectivity index (χ4n) is 4.59. The molecule has 0 radical (unpaired) electrons. The maximum atomic E-state index is 13.1. The standard InChI is InChI=1S/C23H26N4O3S/c1-26-15-20(19-4-2-3-5-22(19)26)23(27-11-9-17(28)14-27)13-25-31(29,30)18-7-6-16-8-10-24-21(16)12-18/h2-8,10,12,15,17,23-25,28H,9,11,13-14H2,1H3. The molecule has 2 unspecified atom stereocenters. The Morgan fingerprint density at radius 2 is 2.06 bits per heavy atom. The number of fused-ring (bicyclic) bond motifs is 2. The van der Waals surface area contributed by atoms with Crippen molar-refractivity contribution in [1.82, 2.24) is 19.2 Å². The summed E-state index contributed by atoms with van der Waals surface area (Å²) in [4.78, 5) is 5.47. The third-order valence-corrected chi connectivity index (χ3v) is 7.65. The monoisotopic (exact) mass is 438 g/mol. The molecule has 1 fully saturated rings. The summed E-state index contributed by atoms with van der Waals surface area (Å²) in [6.07, 6.45) is 4.17. The number of rotatable bonds is 6. The number of hydrogen-bond acceptors (Lipinski definition) is 4. The van der Waals surface area contributed by atoms with Gasteiger partial charge in [0.25, 0.3) is 0 Å².